The summed E-state index contributed by atoms with van der Waals surface area (Å²) < 4.78 is 76.7. The van der Waals surface area contributed by atoms with Crippen molar-refractivity contribution in [2.75, 3.05) is 13.2 Å². The maximum Gasteiger partial charge on any atom is 0.336 e. The van der Waals surface area contributed by atoms with Crippen molar-refractivity contribution < 1.29 is 30.9 Å². The fourth-order valence-corrected chi connectivity index (χ4v) is 3.70. The fourth-order valence-electron chi connectivity index (χ4n) is 2.28. The second kappa shape index (κ2) is 6.75. The zero-order valence-electron chi connectivity index (χ0n) is 11.2. The summed E-state index contributed by atoms with van der Waals surface area (Å²) in [7, 11) is -4.38. The van der Waals surface area contributed by atoms with Gasteiger partial charge in [-0.25, -0.2) is 13.2 Å². The highest BCUT2D eigenvalue weighted by atomic mass is 32.2. The molecule has 1 fully saturated rings. The monoisotopic (exact) mass is 357 g/mol. The molecule has 22 heavy (non-hydrogen) atoms. The van der Waals surface area contributed by atoms with E-state index in [4.69, 9.17) is 9.29 Å². The molecule has 0 spiro atoms. The molecule has 0 aliphatic carbocycles. The van der Waals surface area contributed by atoms with E-state index < -0.39 is 33.8 Å². The lowest BCUT2D eigenvalue weighted by molar-refractivity contribution is 0.0833. The van der Waals surface area contributed by atoms with Gasteiger partial charge in [0, 0.05) is 23.4 Å². The van der Waals surface area contributed by atoms with Crippen molar-refractivity contribution in [3.05, 3.63) is 35.1 Å². The van der Waals surface area contributed by atoms with Gasteiger partial charge in [0.2, 0.25) is 0 Å². The summed E-state index contributed by atoms with van der Waals surface area (Å²) >= 11 is 4.15. The molecule has 5 nitrogen and oxygen atoms in total. The van der Waals surface area contributed by atoms with Gasteiger partial charge in [-0.05, 0) is 12.5 Å². The van der Waals surface area contributed by atoms with Crippen LogP contribution in [-0.4, -0.2) is 41.7 Å². The molecule has 1 aromatic carbocycles. The maximum absolute atomic E-state index is 13.4. The van der Waals surface area contributed by atoms with Gasteiger partial charge >= 0.3 is 10.3 Å². The quantitative estimate of drug-likeness (QED) is 0.479. The van der Waals surface area contributed by atoms with Crippen molar-refractivity contribution in [2.45, 2.75) is 24.3 Å². The van der Waals surface area contributed by atoms with Crippen LogP contribution >= 0.6 is 12.6 Å². The second-order valence-corrected chi connectivity index (χ2v) is 7.06. The second-order valence-electron chi connectivity index (χ2n) is 4.96. The van der Waals surface area contributed by atoms with Crippen LogP contribution in [-0.2, 0) is 21.6 Å². The zero-order chi connectivity index (χ0) is 16.5. The molecule has 1 aliphatic rings. The average molecular weight is 357 g/mol. The lowest BCUT2D eigenvalue weighted by atomic mass is 10.2. The molecule has 1 aromatic rings. The SMILES string of the molecule is O=S(=O)(O)N1CC(S)CC1COCc1cc(F)c(F)cc1F. The van der Waals surface area contributed by atoms with Gasteiger partial charge in [-0.1, -0.05) is 0 Å². The molecule has 0 aromatic heterocycles. The number of hydrogen-bond acceptors (Lipinski definition) is 4. The molecular formula is C12H14F3NO4S2. The van der Waals surface area contributed by atoms with Crippen molar-refractivity contribution >= 4 is 22.9 Å². The molecule has 1 saturated heterocycles. The largest absolute Gasteiger partial charge is 0.375 e. The van der Waals surface area contributed by atoms with Gasteiger partial charge in [0.05, 0.1) is 19.3 Å². The summed E-state index contributed by atoms with van der Waals surface area (Å²) in [6.07, 6.45) is 0.350. The first-order valence-corrected chi connectivity index (χ1v) is 8.23. The normalized spacial score (nSPS) is 23.1. The third-order valence-electron chi connectivity index (χ3n) is 3.30. The third-order valence-corrected chi connectivity index (χ3v) is 4.71. The molecule has 0 bridgehead atoms. The van der Waals surface area contributed by atoms with Crippen LogP contribution in [0.4, 0.5) is 13.2 Å². The number of ether oxygens (including phenoxy) is 1. The van der Waals surface area contributed by atoms with Crippen LogP contribution in [0.15, 0.2) is 12.1 Å². The van der Waals surface area contributed by atoms with Crippen molar-refractivity contribution in [1.82, 2.24) is 4.31 Å². The Bertz CT molecular complexity index is 656. The van der Waals surface area contributed by atoms with E-state index in [-0.39, 0.29) is 30.6 Å². The Morgan fingerprint density at radius 2 is 1.91 bits per heavy atom. The van der Waals surface area contributed by atoms with Gasteiger partial charge < -0.3 is 4.74 Å². The highest BCUT2D eigenvalue weighted by Crippen LogP contribution is 2.25. The Kier molecular flexibility index (Phi) is 5.38. The molecule has 1 aliphatic heterocycles. The van der Waals surface area contributed by atoms with Gasteiger partial charge in [0.1, 0.15) is 5.82 Å². The van der Waals surface area contributed by atoms with E-state index in [1.807, 2.05) is 0 Å². The van der Waals surface area contributed by atoms with Crippen LogP contribution in [0, 0.1) is 17.5 Å². The fraction of sp³-hybridized carbons (Fsp3) is 0.500. The molecule has 2 rings (SSSR count). The number of benzene rings is 1. The Morgan fingerprint density at radius 1 is 1.27 bits per heavy atom. The Labute approximate surface area is 131 Å². The smallest absolute Gasteiger partial charge is 0.336 e. The number of nitrogens with zero attached hydrogens (tertiary/aromatic N) is 1. The Hall–Kier alpha value is -0.810. The van der Waals surface area contributed by atoms with Crippen LogP contribution in [0.3, 0.4) is 0 Å². The molecule has 0 radical (unpaired) electrons. The predicted molar refractivity (Wildman–Crippen MR) is 75.4 cm³/mol. The van der Waals surface area contributed by atoms with E-state index in [1.165, 1.54) is 0 Å². The number of thiol groups is 1. The molecule has 1 N–H and O–H groups in total. The highest BCUT2D eigenvalue weighted by Gasteiger charge is 2.37. The predicted octanol–water partition coefficient (Wildman–Crippen LogP) is 1.80. The Balaban J connectivity index is 1.97. The van der Waals surface area contributed by atoms with Crippen LogP contribution in [0.2, 0.25) is 0 Å². The first kappa shape index (κ1) is 17.5. The minimum absolute atomic E-state index is 0.0372. The van der Waals surface area contributed by atoms with Gasteiger partial charge in [-0.2, -0.15) is 25.4 Å². The van der Waals surface area contributed by atoms with Crippen molar-refractivity contribution in [1.29, 1.82) is 0 Å². The number of halogens is 3. The molecule has 2 unspecified atom stereocenters. The van der Waals surface area contributed by atoms with Crippen LogP contribution in [0.25, 0.3) is 0 Å². The van der Waals surface area contributed by atoms with E-state index in [9.17, 15) is 21.6 Å². The minimum atomic E-state index is -4.38. The first-order valence-electron chi connectivity index (χ1n) is 6.32. The van der Waals surface area contributed by atoms with Gasteiger partial charge in [-0.3, -0.25) is 4.55 Å². The first-order chi connectivity index (χ1) is 10.2. The average Bonchev–Trinajstić information content (AvgIpc) is 2.77. The standard InChI is InChI=1S/C12H14F3NO4S2/c13-10-3-12(15)11(14)1-7(10)5-20-6-8-2-9(21)4-16(8)22(17,18)19/h1,3,8-9,21H,2,4-6H2,(H,17,18,19). The number of hydrogen-bond donors (Lipinski definition) is 2. The summed E-state index contributed by atoms with van der Waals surface area (Å²) in [5.74, 6) is -3.45. The molecule has 0 saturated carbocycles. The minimum Gasteiger partial charge on any atom is -0.375 e. The molecule has 124 valence electrons. The molecular weight excluding hydrogens is 343 g/mol. The number of rotatable bonds is 5. The summed E-state index contributed by atoms with van der Waals surface area (Å²) in [6, 6.07) is 0.449. The van der Waals surface area contributed by atoms with Crippen molar-refractivity contribution in [3.8, 4) is 0 Å². The molecule has 0 amide bonds. The van der Waals surface area contributed by atoms with E-state index in [0.29, 0.717) is 18.6 Å². The lowest BCUT2D eigenvalue weighted by Gasteiger charge is -2.20. The summed E-state index contributed by atoms with van der Waals surface area (Å²) in [6.45, 7) is -0.444. The van der Waals surface area contributed by atoms with E-state index in [0.717, 1.165) is 4.31 Å². The van der Waals surface area contributed by atoms with Gasteiger partial charge in [0.15, 0.2) is 11.6 Å². The molecule has 10 heteroatoms. The van der Waals surface area contributed by atoms with Crippen LogP contribution in [0.5, 0.6) is 0 Å². The van der Waals surface area contributed by atoms with Crippen molar-refractivity contribution in [3.63, 3.8) is 0 Å². The Morgan fingerprint density at radius 3 is 2.55 bits per heavy atom. The van der Waals surface area contributed by atoms with Gasteiger partial charge in [-0.15, -0.1) is 0 Å². The highest BCUT2D eigenvalue weighted by molar-refractivity contribution is 7.83. The van der Waals surface area contributed by atoms with Gasteiger partial charge in [0.25, 0.3) is 0 Å². The van der Waals surface area contributed by atoms with Crippen LogP contribution < -0.4 is 0 Å². The van der Waals surface area contributed by atoms with Crippen molar-refractivity contribution in [2.24, 2.45) is 0 Å². The molecule has 2 atom stereocenters. The van der Waals surface area contributed by atoms with E-state index in [2.05, 4.69) is 12.6 Å². The van der Waals surface area contributed by atoms with E-state index >= 15 is 0 Å². The summed E-state index contributed by atoms with van der Waals surface area (Å²) in [4.78, 5) is 0. The van der Waals surface area contributed by atoms with E-state index in [1.54, 1.807) is 0 Å². The molecule has 1 heterocycles. The maximum atomic E-state index is 13.4. The summed E-state index contributed by atoms with van der Waals surface area (Å²) in [5.41, 5.74) is -0.183. The van der Waals surface area contributed by atoms with Crippen LogP contribution in [0.1, 0.15) is 12.0 Å². The lowest BCUT2D eigenvalue weighted by Crippen LogP contribution is -2.38. The third kappa shape index (κ3) is 4.13. The summed E-state index contributed by atoms with van der Waals surface area (Å²) in [5, 5.41) is -0.254. The topological polar surface area (TPSA) is 66.8 Å². The zero-order valence-corrected chi connectivity index (χ0v) is 13.0.